The van der Waals surface area contributed by atoms with Gasteiger partial charge < -0.3 is 30.0 Å². The summed E-state index contributed by atoms with van der Waals surface area (Å²) in [7, 11) is 1.39. The average molecular weight is 865 g/mol. The molecule has 0 aliphatic heterocycles. The molecule has 8 rings (SSSR count). The number of rotatable bonds is 18. The number of carboxylic acids is 1. The molecule has 12 heteroatoms. The van der Waals surface area contributed by atoms with Crippen LogP contribution in [0.1, 0.15) is 22.3 Å². The van der Waals surface area contributed by atoms with Crippen LogP contribution in [0.5, 0.6) is 11.5 Å². The van der Waals surface area contributed by atoms with Crippen molar-refractivity contribution in [1.82, 2.24) is 19.9 Å². The van der Waals surface area contributed by atoms with Crippen molar-refractivity contribution in [2.24, 2.45) is 0 Å². The lowest BCUT2D eigenvalue weighted by Crippen LogP contribution is -2.33. The zero-order valence-electron chi connectivity index (χ0n) is 35.7. The predicted molar refractivity (Wildman–Crippen MR) is 251 cm³/mol. The Morgan fingerprint density at radius 3 is 1.28 bits per heavy atom. The van der Waals surface area contributed by atoms with Crippen LogP contribution in [0, 0.1) is 0 Å². The second-order valence-corrected chi connectivity index (χ2v) is 14.8. The minimum atomic E-state index is -0.934. The van der Waals surface area contributed by atoms with Crippen LogP contribution in [0.3, 0.4) is 0 Å². The van der Waals surface area contributed by atoms with Gasteiger partial charge >= 0.3 is 11.9 Å². The van der Waals surface area contributed by atoms with Gasteiger partial charge in [-0.3, -0.25) is 0 Å². The van der Waals surface area contributed by atoms with E-state index >= 15 is 0 Å². The standard InChI is InChI=1S/C27H25N3O3.C26H23N3O3/c1-32-27(31)25(16-20-8-4-2-5-9-20)30-26-17-24(28-19-29-26)22-14-12-21(13-15-22)18-33-23-10-6-3-7-11-23;30-26(31)24(15-19-7-3-1-4-8-19)29-25-16-23(27-18-28-25)21-13-11-20(12-14-21)17-32-22-9-5-2-6-10-22/h2-15,17,19,25H,16,18H2,1H3,(H,28,29,30);1-14,16,18,24H,15,17H2,(H,30,31)(H,27,28,29). The monoisotopic (exact) mass is 864 g/mol. The zero-order valence-corrected chi connectivity index (χ0v) is 35.7. The van der Waals surface area contributed by atoms with Crippen molar-refractivity contribution in [3.63, 3.8) is 0 Å². The number of nitrogens with one attached hydrogen (secondary N) is 2. The third kappa shape index (κ3) is 13.8. The van der Waals surface area contributed by atoms with Gasteiger partial charge in [-0.15, -0.1) is 0 Å². The van der Waals surface area contributed by atoms with Crippen molar-refractivity contribution in [3.8, 4) is 34.0 Å². The molecule has 0 bridgehead atoms. The van der Waals surface area contributed by atoms with E-state index in [-0.39, 0.29) is 5.97 Å². The largest absolute Gasteiger partial charge is 0.489 e. The fourth-order valence-electron chi connectivity index (χ4n) is 6.69. The number of methoxy groups -OCH3 is 1. The number of ether oxygens (including phenoxy) is 3. The van der Waals surface area contributed by atoms with Crippen molar-refractivity contribution in [3.05, 3.63) is 217 Å². The van der Waals surface area contributed by atoms with Crippen LogP contribution in [0.4, 0.5) is 11.6 Å². The van der Waals surface area contributed by atoms with Crippen LogP contribution < -0.4 is 20.1 Å². The lowest BCUT2D eigenvalue weighted by molar-refractivity contribution is -0.141. The van der Waals surface area contributed by atoms with E-state index in [0.29, 0.717) is 43.4 Å². The van der Waals surface area contributed by atoms with E-state index in [1.807, 2.05) is 176 Å². The number of hydrogen-bond acceptors (Lipinski definition) is 11. The normalized spacial score (nSPS) is 11.5. The molecular weight excluding hydrogens is 817 g/mol. The molecule has 0 aliphatic carbocycles. The van der Waals surface area contributed by atoms with Crippen molar-refractivity contribution >= 4 is 23.6 Å². The minimum Gasteiger partial charge on any atom is -0.489 e. The fourth-order valence-corrected chi connectivity index (χ4v) is 6.69. The molecule has 326 valence electrons. The van der Waals surface area contributed by atoms with Gasteiger partial charge in [-0.2, -0.15) is 0 Å². The number of para-hydroxylation sites is 2. The average Bonchev–Trinajstić information content (AvgIpc) is 3.36. The quantitative estimate of drug-likeness (QED) is 0.0703. The van der Waals surface area contributed by atoms with Crippen LogP contribution in [-0.2, 0) is 40.4 Å². The van der Waals surface area contributed by atoms with Gasteiger partial charge in [0.25, 0.3) is 0 Å². The highest BCUT2D eigenvalue weighted by molar-refractivity contribution is 5.80. The van der Waals surface area contributed by atoms with Crippen LogP contribution in [0.2, 0.25) is 0 Å². The first-order valence-electron chi connectivity index (χ1n) is 21.0. The number of carbonyl (C=O) groups is 2. The van der Waals surface area contributed by atoms with E-state index < -0.39 is 18.1 Å². The number of aromatic nitrogens is 4. The molecule has 0 amide bonds. The molecule has 2 unspecified atom stereocenters. The molecule has 65 heavy (non-hydrogen) atoms. The first kappa shape index (κ1) is 44.7. The molecule has 2 aromatic heterocycles. The number of carboxylic acid groups (broad SMARTS) is 1. The summed E-state index contributed by atoms with van der Waals surface area (Å²) in [4.78, 5) is 41.3. The van der Waals surface area contributed by atoms with Crippen LogP contribution in [0.15, 0.2) is 195 Å². The van der Waals surface area contributed by atoms with E-state index in [0.717, 1.165) is 50.6 Å². The molecule has 0 fully saturated rings. The Balaban J connectivity index is 0.000000194. The summed E-state index contributed by atoms with van der Waals surface area (Å²) in [5.41, 5.74) is 7.39. The Kier molecular flexibility index (Phi) is 15.9. The topological polar surface area (TPSA) is 158 Å². The predicted octanol–water partition coefficient (Wildman–Crippen LogP) is 9.75. The van der Waals surface area contributed by atoms with Gasteiger partial charge in [0, 0.05) is 36.1 Å². The van der Waals surface area contributed by atoms with E-state index in [1.165, 1.54) is 19.8 Å². The van der Waals surface area contributed by atoms with E-state index in [4.69, 9.17) is 14.2 Å². The summed E-state index contributed by atoms with van der Waals surface area (Å²) in [6.07, 6.45) is 3.76. The number of nitrogens with zero attached hydrogens (tertiary/aromatic N) is 4. The van der Waals surface area contributed by atoms with Crippen molar-refractivity contribution in [2.75, 3.05) is 17.7 Å². The molecule has 0 saturated heterocycles. The number of esters is 1. The molecule has 0 saturated carbocycles. The Morgan fingerprint density at radius 1 is 0.492 bits per heavy atom. The van der Waals surface area contributed by atoms with Gasteiger partial charge in [0.1, 0.15) is 61.1 Å². The summed E-state index contributed by atoms with van der Waals surface area (Å²) in [5.74, 6) is 1.41. The third-order valence-electron chi connectivity index (χ3n) is 10.1. The van der Waals surface area contributed by atoms with Crippen LogP contribution in [0.25, 0.3) is 22.5 Å². The molecule has 12 nitrogen and oxygen atoms in total. The smallest absolute Gasteiger partial charge is 0.328 e. The van der Waals surface area contributed by atoms with Gasteiger partial charge in [-0.25, -0.2) is 29.5 Å². The summed E-state index contributed by atoms with van der Waals surface area (Å²) >= 11 is 0. The zero-order chi connectivity index (χ0) is 45.1. The number of carbonyl (C=O) groups excluding carboxylic acids is 1. The lowest BCUT2D eigenvalue weighted by atomic mass is 10.1. The van der Waals surface area contributed by atoms with E-state index in [9.17, 15) is 14.7 Å². The summed E-state index contributed by atoms with van der Waals surface area (Å²) in [6, 6.07) is 56.9. The van der Waals surface area contributed by atoms with Gasteiger partial charge in [-0.05, 0) is 46.5 Å². The molecule has 6 aromatic carbocycles. The Morgan fingerprint density at radius 2 is 0.877 bits per heavy atom. The third-order valence-corrected chi connectivity index (χ3v) is 10.1. The number of hydrogen-bond donors (Lipinski definition) is 3. The van der Waals surface area contributed by atoms with E-state index in [2.05, 4.69) is 30.6 Å². The second-order valence-electron chi connectivity index (χ2n) is 14.8. The van der Waals surface area contributed by atoms with Crippen molar-refractivity contribution in [2.45, 2.75) is 38.1 Å². The summed E-state index contributed by atoms with van der Waals surface area (Å²) in [5, 5.41) is 15.8. The Hall–Kier alpha value is -8.38. The molecule has 2 atom stereocenters. The first-order valence-corrected chi connectivity index (χ1v) is 21.0. The molecule has 0 aliphatic rings. The van der Waals surface area contributed by atoms with E-state index in [1.54, 1.807) is 6.07 Å². The second kappa shape index (κ2) is 23.2. The van der Waals surface area contributed by atoms with Crippen LogP contribution in [-0.4, -0.2) is 56.2 Å². The maximum Gasteiger partial charge on any atom is 0.328 e. The minimum absolute atomic E-state index is 0.346. The van der Waals surface area contributed by atoms with Crippen molar-refractivity contribution < 1.29 is 28.9 Å². The molecule has 0 radical (unpaired) electrons. The molecule has 8 aromatic rings. The highest BCUT2D eigenvalue weighted by atomic mass is 16.5. The molecular formula is C53H48N6O6. The Labute approximate surface area is 378 Å². The number of aliphatic carboxylic acids is 1. The number of anilines is 2. The lowest BCUT2D eigenvalue weighted by Gasteiger charge is -2.17. The molecule has 0 spiro atoms. The van der Waals surface area contributed by atoms with Crippen LogP contribution >= 0.6 is 0 Å². The Bertz CT molecular complexity index is 2690. The molecule has 3 N–H and O–H groups in total. The van der Waals surface area contributed by atoms with Crippen molar-refractivity contribution in [1.29, 1.82) is 0 Å². The highest BCUT2D eigenvalue weighted by Gasteiger charge is 2.21. The van der Waals surface area contributed by atoms with Gasteiger partial charge in [0.05, 0.1) is 18.5 Å². The van der Waals surface area contributed by atoms with Gasteiger partial charge in [0.15, 0.2) is 0 Å². The number of benzene rings is 6. The SMILES string of the molecule is COC(=O)C(Cc1ccccc1)Nc1cc(-c2ccc(COc3ccccc3)cc2)ncn1.O=C(O)C(Cc1ccccc1)Nc1cc(-c2ccc(COc3ccccc3)cc2)ncn1. The summed E-state index contributed by atoms with van der Waals surface area (Å²) in [6.45, 7) is 0.960. The molecule has 2 heterocycles. The summed E-state index contributed by atoms with van der Waals surface area (Å²) < 4.78 is 16.6. The maximum absolute atomic E-state index is 12.3. The fraction of sp³-hybridized carbons (Fsp3) is 0.132. The first-order chi connectivity index (χ1) is 31.9. The maximum atomic E-state index is 12.3. The highest BCUT2D eigenvalue weighted by Crippen LogP contribution is 2.23. The van der Waals surface area contributed by atoms with Gasteiger partial charge in [0.2, 0.25) is 0 Å². The van der Waals surface area contributed by atoms with Gasteiger partial charge in [-0.1, -0.05) is 146 Å².